The van der Waals surface area contributed by atoms with E-state index < -0.39 is 17.2 Å². The largest absolute Gasteiger partial charge is 0.340 e. The van der Waals surface area contributed by atoms with Crippen LogP contribution in [0.4, 0.5) is 5.82 Å². The first kappa shape index (κ1) is 20.4. The maximum Gasteiger partial charge on any atom is 0.330 e. The molecule has 0 spiro atoms. The van der Waals surface area contributed by atoms with E-state index in [2.05, 4.69) is 10.3 Å². The van der Waals surface area contributed by atoms with Gasteiger partial charge in [0, 0.05) is 21.7 Å². The van der Waals surface area contributed by atoms with Gasteiger partial charge in [0.05, 0.1) is 23.7 Å². The van der Waals surface area contributed by atoms with Crippen LogP contribution in [0.25, 0.3) is 5.70 Å². The molecule has 0 radical (unpaired) electrons. The first-order valence-corrected chi connectivity index (χ1v) is 11.2. The van der Waals surface area contributed by atoms with Gasteiger partial charge in [-0.15, -0.1) is 0 Å². The molecule has 7 heteroatoms. The van der Waals surface area contributed by atoms with Gasteiger partial charge in [0.25, 0.3) is 5.56 Å². The third kappa shape index (κ3) is 2.99. The Morgan fingerprint density at radius 3 is 2.26 bits per heavy atom. The van der Waals surface area contributed by atoms with Crippen LogP contribution >= 0.6 is 11.6 Å². The standard InChI is InChI=1S/C27H18ClN3O3/c28-19-13-7-6-12-18(19)20-21-23(16-10-4-5-11-17(16)24(21)32)29-25-22(20)26(33)30-27(34)31(25)14-15-8-2-1-3-9-15/h1-13,20,29H,14H2,(H,30,33,34)/t20-/m1/s1. The third-order valence-corrected chi connectivity index (χ3v) is 6.75. The highest BCUT2D eigenvalue weighted by molar-refractivity contribution is 6.32. The van der Waals surface area contributed by atoms with Gasteiger partial charge in [0.2, 0.25) is 0 Å². The normalized spacial score (nSPS) is 16.0. The summed E-state index contributed by atoms with van der Waals surface area (Å²) in [5.41, 5.74) is 3.11. The lowest BCUT2D eigenvalue weighted by atomic mass is 9.81. The molecular formula is C27H18ClN3O3. The van der Waals surface area contributed by atoms with Crippen molar-refractivity contribution in [2.24, 2.45) is 0 Å². The second-order valence-electron chi connectivity index (χ2n) is 8.34. The second kappa shape index (κ2) is 7.71. The smallest absolute Gasteiger partial charge is 0.330 e. The maximum absolute atomic E-state index is 13.6. The van der Waals surface area contributed by atoms with Crippen molar-refractivity contribution < 1.29 is 4.79 Å². The molecule has 0 saturated carbocycles. The fraction of sp³-hybridized carbons (Fsp3) is 0.0741. The number of rotatable bonds is 3. The van der Waals surface area contributed by atoms with Gasteiger partial charge in [0.15, 0.2) is 5.78 Å². The number of nitrogens with one attached hydrogen (secondary N) is 2. The molecule has 0 amide bonds. The molecule has 4 aromatic rings. The SMILES string of the molecule is O=C1C2=C(Nc3c(c(=O)[nH]c(=O)n3Cc3ccccc3)[C@@H]2c2ccccc2Cl)c2ccccc21. The summed E-state index contributed by atoms with van der Waals surface area (Å²) in [6.45, 7) is 0.249. The van der Waals surface area contributed by atoms with Crippen molar-refractivity contribution in [3.63, 3.8) is 0 Å². The summed E-state index contributed by atoms with van der Waals surface area (Å²) in [6, 6.07) is 24.0. The molecule has 1 aromatic heterocycles. The molecule has 2 aliphatic rings. The summed E-state index contributed by atoms with van der Waals surface area (Å²) in [4.78, 5) is 42.3. The summed E-state index contributed by atoms with van der Waals surface area (Å²) in [7, 11) is 0. The number of carbonyl (C=O) groups is 1. The molecule has 0 fully saturated rings. The van der Waals surface area contributed by atoms with Gasteiger partial charge in [-0.25, -0.2) is 4.79 Å². The molecule has 0 bridgehead atoms. The molecular weight excluding hydrogens is 450 g/mol. The molecule has 2 N–H and O–H groups in total. The van der Waals surface area contributed by atoms with E-state index in [1.54, 1.807) is 18.2 Å². The number of ketones is 1. The highest BCUT2D eigenvalue weighted by Gasteiger charge is 2.43. The highest BCUT2D eigenvalue weighted by atomic mass is 35.5. The van der Waals surface area contributed by atoms with Crippen LogP contribution in [-0.4, -0.2) is 15.3 Å². The zero-order valence-corrected chi connectivity index (χ0v) is 18.6. The third-order valence-electron chi connectivity index (χ3n) is 6.41. The predicted octanol–water partition coefficient (Wildman–Crippen LogP) is 4.40. The second-order valence-corrected chi connectivity index (χ2v) is 8.74. The number of H-pyrrole nitrogens is 1. The maximum atomic E-state index is 13.6. The number of hydrogen-bond donors (Lipinski definition) is 2. The lowest BCUT2D eigenvalue weighted by Crippen LogP contribution is -2.38. The van der Waals surface area contributed by atoms with Crippen LogP contribution < -0.4 is 16.6 Å². The number of allylic oxidation sites excluding steroid dienone is 1. The highest BCUT2D eigenvalue weighted by Crippen LogP contribution is 2.49. The van der Waals surface area contributed by atoms with Crippen molar-refractivity contribution in [2.75, 3.05) is 5.32 Å². The molecule has 1 aliphatic carbocycles. The summed E-state index contributed by atoms with van der Waals surface area (Å²) < 4.78 is 1.51. The van der Waals surface area contributed by atoms with Crippen LogP contribution in [0.5, 0.6) is 0 Å². The van der Waals surface area contributed by atoms with Crippen molar-refractivity contribution in [3.8, 4) is 0 Å². The van der Waals surface area contributed by atoms with Crippen LogP contribution in [0.2, 0.25) is 5.02 Å². The lowest BCUT2D eigenvalue weighted by molar-refractivity contribution is 0.103. The number of benzene rings is 3. The fourth-order valence-electron chi connectivity index (χ4n) is 4.90. The predicted molar refractivity (Wildman–Crippen MR) is 131 cm³/mol. The Morgan fingerprint density at radius 2 is 1.50 bits per heavy atom. The molecule has 1 atom stereocenters. The van der Waals surface area contributed by atoms with Crippen LogP contribution in [0, 0.1) is 0 Å². The number of carbonyl (C=O) groups excluding carboxylic acids is 1. The van der Waals surface area contributed by atoms with Gasteiger partial charge in [-0.3, -0.25) is 19.1 Å². The Bertz CT molecular complexity index is 1630. The minimum Gasteiger partial charge on any atom is -0.340 e. The van der Waals surface area contributed by atoms with Crippen LogP contribution in [-0.2, 0) is 6.54 Å². The van der Waals surface area contributed by atoms with Crippen LogP contribution in [0.3, 0.4) is 0 Å². The first-order valence-electron chi connectivity index (χ1n) is 10.8. The van der Waals surface area contributed by atoms with Gasteiger partial charge in [0.1, 0.15) is 5.82 Å². The van der Waals surface area contributed by atoms with E-state index in [9.17, 15) is 14.4 Å². The summed E-state index contributed by atoms with van der Waals surface area (Å²) in [5, 5.41) is 3.73. The molecule has 1 aliphatic heterocycles. The van der Waals surface area contributed by atoms with Gasteiger partial charge < -0.3 is 5.32 Å². The van der Waals surface area contributed by atoms with Crippen LogP contribution in [0.1, 0.15) is 38.5 Å². The zero-order valence-electron chi connectivity index (χ0n) is 17.8. The summed E-state index contributed by atoms with van der Waals surface area (Å²) in [6.07, 6.45) is 0. The van der Waals surface area contributed by atoms with E-state index in [0.717, 1.165) is 11.1 Å². The number of aromatic nitrogens is 2. The Morgan fingerprint density at radius 1 is 0.824 bits per heavy atom. The first-order chi connectivity index (χ1) is 16.5. The van der Waals surface area contributed by atoms with Crippen molar-refractivity contribution in [1.29, 1.82) is 0 Å². The van der Waals surface area contributed by atoms with E-state index in [0.29, 0.717) is 38.8 Å². The average Bonchev–Trinajstić information content (AvgIpc) is 3.13. The Labute approximate surface area is 199 Å². The number of aromatic amines is 1. The molecule has 6 rings (SSSR count). The quantitative estimate of drug-likeness (QED) is 0.467. The fourth-order valence-corrected chi connectivity index (χ4v) is 5.15. The number of Topliss-reactive ketones (excluding diaryl/α,β-unsaturated/α-hetero) is 1. The van der Waals surface area contributed by atoms with E-state index in [1.807, 2.05) is 60.7 Å². The number of anilines is 1. The van der Waals surface area contributed by atoms with Crippen molar-refractivity contribution in [2.45, 2.75) is 12.5 Å². The topological polar surface area (TPSA) is 84.0 Å². The Hall–Kier alpha value is -4.16. The van der Waals surface area contributed by atoms with Gasteiger partial charge in [-0.05, 0) is 17.2 Å². The van der Waals surface area contributed by atoms with E-state index in [1.165, 1.54) is 4.57 Å². The molecule has 0 unspecified atom stereocenters. The minimum absolute atomic E-state index is 0.158. The molecule has 34 heavy (non-hydrogen) atoms. The molecule has 0 saturated heterocycles. The molecule has 2 heterocycles. The van der Waals surface area contributed by atoms with Gasteiger partial charge >= 0.3 is 5.69 Å². The van der Waals surface area contributed by atoms with Crippen molar-refractivity contribution >= 4 is 28.9 Å². The van der Waals surface area contributed by atoms with Gasteiger partial charge in [-0.2, -0.15) is 0 Å². The zero-order chi connectivity index (χ0) is 23.4. The summed E-state index contributed by atoms with van der Waals surface area (Å²) in [5.74, 6) is -0.522. The lowest BCUT2D eigenvalue weighted by Gasteiger charge is -2.30. The average molecular weight is 468 g/mol. The minimum atomic E-state index is -0.730. The Kier molecular flexibility index (Phi) is 4.64. The van der Waals surface area contributed by atoms with E-state index in [-0.39, 0.29) is 12.3 Å². The number of fused-ring (bicyclic) bond motifs is 3. The molecule has 166 valence electrons. The van der Waals surface area contributed by atoms with Crippen LogP contribution in [0.15, 0.2) is 94.0 Å². The molecule has 6 nitrogen and oxygen atoms in total. The molecule has 3 aromatic carbocycles. The Balaban J connectivity index is 1.66. The number of hydrogen-bond acceptors (Lipinski definition) is 4. The van der Waals surface area contributed by atoms with E-state index >= 15 is 0 Å². The summed E-state index contributed by atoms with van der Waals surface area (Å²) >= 11 is 6.59. The number of halogens is 1. The van der Waals surface area contributed by atoms with Crippen molar-refractivity contribution in [3.05, 3.63) is 138 Å². The van der Waals surface area contributed by atoms with Crippen molar-refractivity contribution in [1.82, 2.24) is 9.55 Å². The number of nitrogens with zero attached hydrogens (tertiary/aromatic N) is 1. The van der Waals surface area contributed by atoms with Gasteiger partial charge in [-0.1, -0.05) is 84.4 Å². The van der Waals surface area contributed by atoms with E-state index in [4.69, 9.17) is 11.6 Å². The monoisotopic (exact) mass is 467 g/mol.